The Morgan fingerprint density at radius 1 is 1.43 bits per heavy atom. The largest absolute Gasteiger partial charge is 0.329 e. The van der Waals surface area contributed by atoms with Gasteiger partial charge >= 0.3 is 0 Å². The van der Waals surface area contributed by atoms with Crippen LogP contribution in [0.5, 0.6) is 0 Å². The van der Waals surface area contributed by atoms with Gasteiger partial charge in [-0.05, 0) is 24.0 Å². The third kappa shape index (κ3) is 4.16. The maximum atomic E-state index is 12.0. The third-order valence-corrected chi connectivity index (χ3v) is 7.15. The van der Waals surface area contributed by atoms with E-state index in [1.165, 1.54) is 11.2 Å². The minimum atomic E-state index is -3.11. The molecule has 1 fully saturated rings. The Morgan fingerprint density at radius 3 is 2.62 bits per heavy atom. The minimum Gasteiger partial charge on any atom is -0.329 e. The predicted molar refractivity (Wildman–Crippen MR) is 92.7 cm³/mol. The van der Waals surface area contributed by atoms with Crippen molar-refractivity contribution < 1.29 is 8.42 Å². The number of hydrogen-bond donors (Lipinski definition) is 1. The molecule has 1 aromatic carbocycles. The Morgan fingerprint density at radius 2 is 2.10 bits per heavy atom. The van der Waals surface area contributed by atoms with Gasteiger partial charge in [0.2, 0.25) is 0 Å². The maximum Gasteiger partial charge on any atom is 0.164 e. The van der Waals surface area contributed by atoms with Crippen molar-refractivity contribution in [1.29, 1.82) is 0 Å². The van der Waals surface area contributed by atoms with Gasteiger partial charge in [0.1, 0.15) is 5.37 Å². The lowest BCUT2D eigenvalue weighted by atomic mass is 10.1. The van der Waals surface area contributed by atoms with Crippen molar-refractivity contribution in [2.75, 3.05) is 37.1 Å². The molecule has 2 atom stereocenters. The van der Waals surface area contributed by atoms with Crippen LogP contribution in [0.1, 0.15) is 11.6 Å². The quantitative estimate of drug-likeness (QED) is 0.821. The Bertz CT molecular complexity index is 560. The van der Waals surface area contributed by atoms with Gasteiger partial charge in [-0.15, -0.1) is 11.8 Å². The number of thioether (sulfide) groups is 2. The molecular formula is C14H22N2O2S3. The van der Waals surface area contributed by atoms with Crippen LogP contribution in [0.25, 0.3) is 0 Å². The fourth-order valence-electron chi connectivity index (χ4n) is 2.61. The standard InChI is InChI=1S/C14H22N2O2S3/c1-19-12-5-3-11(4-6-12)13(9-15)16-7-8-20-10-14(16)21(2,17)18/h3-6,13-14H,7-10,15H2,1-2H3. The van der Waals surface area contributed by atoms with E-state index in [4.69, 9.17) is 5.73 Å². The summed E-state index contributed by atoms with van der Waals surface area (Å²) in [5.74, 6) is 1.57. The number of hydrogen-bond acceptors (Lipinski definition) is 6. The first-order valence-electron chi connectivity index (χ1n) is 6.83. The molecule has 0 aliphatic carbocycles. The summed E-state index contributed by atoms with van der Waals surface area (Å²) in [5.41, 5.74) is 7.06. The average molecular weight is 347 g/mol. The molecule has 1 heterocycles. The smallest absolute Gasteiger partial charge is 0.164 e. The summed E-state index contributed by atoms with van der Waals surface area (Å²) in [4.78, 5) is 3.25. The van der Waals surface area contributed by atoms with Gasteiger partial charge in [0, 0.05) is 41.8 Å². The Kier molecular flexibility index (Phi) is 6.02. The fraction of sp³-hybridized carbons (Fsp3) is 0.571. The summed E-state index contributed by atoms with van der Waals surface area (Å²) < 4.78 is 24.1. The monoisotopic (exact) mass is 346 g/mol. The highest BCUT2D eigenvalue weighted by atomic mass is 32.2. The highest BCUT2D eigenvalue weighted by Crippen LogP contribution is 2.30. The van der Waals surface area contributed by atoms with E-state index in [1.807, 2.05) is 6.26 Å². The molecule has 118 valence electrons. The van der Waals surface area contributed by atoms with Crippen LogP contribution in [0, 0.1) is 0 Å². The second-order valence-electron chi connectivity index (χ2n) is 5.12. The first kappa shape index (κ1) is 17.1. The molecule has 0 radical (unpaired) electrons. The molecule has 2 rings (SSSR count). The molecule has 21 heavy (non-hydrogen) atoms. The van der Waals surface area contributed by atoms with Crippen LogP contribution in [0.15, 0.2) is 29.2 Å². The van der Waals surface area contributed by atoms with Gasteiger partial charge in [-0.25, -0.2) is 8.42 Å². The van der Waals surface area contributed by atoms with Crippen LogP contribution in [0.4, 0.5) is 0 Å². The highest BCUT2D eigenvalue weighted by molar-refractivity contribution is 8.00. The molecule has 0 bridgehead atoms. The summed E-state index contributed by atoms with van der Waals surface area (Å²) >= 11 is 3.39. The molecule has 0 amide bonds. The summed E-state index contributed by atoms with van der Waals surface area (Å²) in [7, 11) is -3.11. The van der Waals surface area contributed by atoms with Crippen molar-refractivity contribution in [2.45, 2.75) is 16.3 Å². The normalized spacial score (nSPS) is 22.1. The van der Waals surface area contributed by atoms with Crippen LogP contribution in [0.3, 0.4) is 0 Å². The van der Waals surface area contributed by atoms with Crippen molar-refractivity contribution >= 4 is 33.4 Å². The van der Waals surface area contributed by atoms with Crippen molar-refractivity contribution in [2.24, 2.45) is 5.73 Å². The molecule has 0 spiro atoms. The second kappa shape index (κ2) is 7.37. The predicted octanol–water partition coefficient (Wildman–Crippen LogP) is 1.83. The molecule has 0 saturated carbocycles. The summed E-state index contributed by atoms with van der Waals surface area (Å²) in [6.45, 7) is 1.18. The van der Waals surface area contributed by atoms with Gasteiger partial charge in [-0.2, -0.15) is 11.8 Å². The molecule has 2 unspecified atom stereocenters. The SMILES string of the molecule is CSc1ccc(C(CN)N2CCSCC2S(C)(=O)=O)cc1. The lowest BCUT2D eigenvalue weighted by Crippen LogP contribution is -2.50. The molecular weight excluding hydrogens is 324 g/mol. The zero-order chi connectivity index (χ0) is 15.5. The molecule has 1 aliphatic heterocycles. The Labute approximate surface area is 135 Å². The van der Waals surface area contributed by atoms with Crippen LogP contribution >= 0.6 is 23.5 Å². The third-order valence-electron chi connectivity index (χ3n) is 3.74. The van der Waals surface area contributed by atoms with Gasteiger partial charge in [-0.1, -0.05) is 12.1 Å². The average Bonchev–Trinajstić information content (AvgIpc) is 2.48. The van der Waals surface area contributed by atoms with E-state index in [-0.39, 0.29) is 6.04 Å². The van der Waals surface area contributed by atoms with Crippen LogP contribution in [-0.2, 0) is 9.84 Å². The van der Waals surface area contributed by atoms with Crippen LogP contribution in [0.2, 0.25) is 0 Å². The minimum absolute atomic E-state index is 0.0402. The molecule has 1 saturated heterocycles. The van der Waals surface area contributed by atoms with E-state index in [2.05, 4.69) is 29.2 Å². The molecule has 1 aliphatic rings. The molecule has 1 aromatic rings. The number of nitrogens with two attached hydrogens (primary N) is 1. The van der Waals surface area contributed by atoms with Crippen molar-refractivity contribution in [3.8, 4) is 0 Å². The van der Waals surface area contributed by atoms with E-state index in [9.17, 15) is 8.42 Å². The molecule has 4 nitrogen and oxygen atoms in total. The van der Waals surface area contributed by atoms with Crippen LogP contribution < -0.4 is 5.73 Å². The van der Waals surface area contributed by atoms with E-state index in [1.54, 1.807) is 23.5 Å². The summed E-state index contributed by atoms with van der Waals surface area (Å²) in [5, 5.41) is -0.440. The summed E-state index contributed by atoms with van der Waals surface area (Å²) in [6, 6.07) is 8.21. The van der Waals surface area contributed by atoms with Gasteiger partial charge in [0.25, 0.3) is 0 Å². The van der Waals surface area contributed by atoms with Gasteiger partial charge in [0.15, 0.2) is 9.84 Å². The van der Waals surface area contributed by atoms with Crippen molar-refractivity contribution in [1.82, 2.24) is 4.90 Å². The number of nitrogens with zero attached hydrogens (tertiary/aromatic N) is 1. The zero-order valence-corrected chi connectivity index (χ0v) is 14.8. The highest BCUT2D eigenvalue weighted by Gasteiger charge is 2.35. The van der Waals surface area contributed by atoms with E-state index < -0.39 is 15.2 Å². The van der Waals surface area contributed by atoms with E-state index in [0.29, 0.717) is 12.3 Å². The lowest BCUT2D eigenvalue weighted by molar-refractivity contribution is 0.198. The Hall–Kier alpha value is -0.210. The van der Waals surface area contributed by atoms with E-state index >= 15 is 0 Å². The zero-order valence-electron chi connectivity index (χ0n) is 12.4. The summed E-state index contributed by atoms with van der Waals surface area (Å²) in [6.07, 6.45) is 3.36. The maximum absolute atomic E-state index is 12.0. The second-order valence-corrected chi connectivity index (χ2v) is 9.35. The Balaban J connectivity index is 2.29. The fourth-order valence-corrected chi connectivity index (χ4v) is 5.94. The van der Waals surface area contributed by atoms with Crippen molar-refractivity contribution in [3.63, 3.8) is 0 Å². The molecule has 2 N–H and O–H groups in total. The molecule has 0 aromatic heterocycles. The number of rotatable bonds is 5. The first-order chi connectivity index (χ1) is 9.97. The molecule has 7 heteroatoms. The first-order valence-corrected chi connectivity index (χ1v) is 11.2. The van der Waals surface area contributed by atoms with Crippen molar-refractivity contribution in [3.05, 3.63) is 29.8 Å². The van der Waals surface area contributed by atoms with Gasteiger partial charge in [-0.3, -0.25) is 4.90 Å². The number of benzene rings is 1. The lowest BCUT2D eigenvalue weighted by Gasteiger charge is -2.39. The van der Waals surface area contributed by atoms with Crippen LogP contribution in [-0.4, -0.2) is 55.8 Å². The van der Waals surface area contributed by atoms with Gasteiger partial charge < -0.3 is 5.73 Å². The van der Waals surface area contributed by atoms with Gasteiger partial charge in [0.05, 0.1) is 0 Å². The number of sulfone groups is 1. The topological polar surface area (TPSA) is 63.4 Å². The van der Waals surface area contributed by atoms with E-state index in [0.717, 1.165) is 17.9 Å².